The van der Waals surface area contributed by atoms with Gasteiger partial charge < -0.3 is 5.32 Å². The van der Waals surface area contributed by atoms with Crippen LogP contribution in [-0.4, -0.2) is 11.5 Å². The van der Waals surface area contributed by atoms with Gasteiger partial charge in [-0.1, -0.05) is 221 Å². The van der Waals surface area contributed by atoms with E-state index >= 15 is 0 Å². The molecule has 0 fully saturated rings. The highest BCUT2D eigenvalue weighted by molar-refractivity contribution is 6.07. The van der Waals surface area contributed by atoms with Gasteiger partial charge in [0.1, 0.15) is 5.84 Å². The Morgan fingerprint density at radius 3 is 1.75 bits per heavy atom. The van der Waals surface area contributed by atoms with E-state index in [0.717, 1.165) is 35.5 Å². The fraction of sp³-hybridized carbons (Fsp3) is 0.200. The first-order valence-electron chi connectivity index (χ1n) is 22.9. The van der Waals surface area contributed by atoms with Crippen molar-refractivity contribution in [3.05, 3.63) is 256 Å². The molecule has 1 N–H and O–H groups in total. The molecule has 0 amide bonds. The summed E-state index contributed by atoms with van der Waals surface area (Å²) in [6, 6.07) is 61.6. The van der Waals surface area contributed by atoms with E-state index in [-0.39, 0.29) is 18.0 Å². The third kappa shape index (κ3) is 8.17. The molecule has 0 saturated carbocycles. The number of amidine groups is 1. The first-order valence-corrected chi connectivity index (χ1v) is 22.9. The number of nitrogens with zero attached hydrogens (tertiary/aromatic N) is 2. The average molecular weight is 818 g/mol. The summed E-state index contributed by atoms with van der Waals surface area (Å²) in [7, 11) is 0. The van der Waals surface area contributed by atoms with E-state index in [0.29, 0.717) is 23.7 Å². The molecule has 4 aliphatic rings. The van der Waals surface area contributed by atoms with Gasteiger partial charge in [0.2, 0.25) is 0 Å². The van der Waals surface area contributed by atoms with Crippen molar-refractivity contribution in [3.63, 3.8) is 0 Å². The molecule has 2 aliphatic carbocycles. The Bertz CT molecular complexity index is 2770. The SMILES string of the molecule is CCC1C(c2ccccc2)=NC(c2ccc(C3=CC(C)C4C=CC(c5ccc(C6NC(c7ccccc7)=NC(c7ccccc7)C6CC)cc5)=CC4=C3)cc2)=CC1c1ccccc1. The number of aliphatic imine (C=N–C) groups is 2. The number of fused-ring (bicyclic) bond motifs is 1. The van der Waals surface area contributed by atoms with Gasteiger partial charge in [-0.2, -0.15) is 0 Å². The van der Waals surface area contributed by atoms with Crippen molar-refractivity contribution in [2.75, 3.05) is 0 Å². The van der Waals surface area contributed by atoms with Gasteiger partial charge in [0.15, 0.2) is 0 Å². The molecule has 3 heteroatoms. The highest BCUT2D eigenvalue weighted by atomic mass is 15.1. The van der Waals surface area contributed by atoms with Gasteiger partial charge in [0.05, 0.1) is 23.5 Å². The molecule has 6 aromatic carbocycles. The van der Waals surface area contributed by atoms with E-state index in [2.05, 4.69) is 232 Å². The number of hydrogen-bond acceptors (Lipinski definition) is 3. The minimum absolute atomic E-state index is 0.0721. The summed E-state index contributed by atoms with van der Waals surface area (Å²) >= 11 is 0. The van der Waals surface area contributed by atoms with E-state index in [4.69, 9.17) is 9.98 Å². The molecule has 0 bridgehead atoms. The maximum Gasteiger partial charge on any atom is 0.129 e. The Labute approximate surface area is 373 Å². The lowest BCUT2D eigenvalue weighted by molar-refractivity contribution is 0.311. The molecule has 7 unspecified atom stereocenters. The molecule has 3 nitrogen and oxygen atoms in total. The standard InChI is InChI=1S/C60H55N3/c1-4-52-55(43-18-10-6-11-19-43)39-56(61-57(52)45-20-12-7-13-21-45)44-30-26-42(27-31-44)50-36-40(3)54-35-34-49(37-51(54)38-50)41-28-32-47(33-29-41)59-53(5-2)58(46-22-14-8-15-23-46)62-60(63-59)48-24-16-9-17-25-48/h6-40,52-55,58-59H,4-5H2,1-3H3,(H,62,63). The quantitative estimate of drug-likeness (QED) is 0.147. The van der Waals surface area contributed by atoms with Gasteiger partial charge >= 0.3 is 0 Å². The summed E-state index contributed by atoms with van der Waals surface area (Å²) in [5, 5.41) is 3.89. The van der Waals surface area contributed by atoms with Gasteiger partial charge in [-0.25, -0.2) is 0 Å². The topological polar surface area (TPSA) is 36.8 Å². The zero-order chi connectivity index (χ0) is 42.7. The van der Waals surface area contributed by atoms with Crippen LogP contribution in [0.15, 0.2) is 222 Å². The summed E-state index contributed by atoms with van der Waals surface area (Å²) in [5.74, 6) is 2.58. The second-order valence-corrected chi connectivity index (χ2v) is 17.6. The van der Waals surface area contributed by atoms with Gasteiger partial charge in [-0.3, -0.25) is 9.98 Å². The van der Waals surface area contributed by atoms with Gasteiger partial charge in [0, 0.05) is 29.2 Å². The van der Waals surface area contributed by atoms with Crippen molar-refractivity contribution in [1.82, 2.24) is 5.32 Å². The smallest absolute Gasteiger partial charge is 0.129 e. The summed E-state index contributed by atoms with van der Waals surface area (Å²) in [6.45, 7) is 6.93. The largest absolute Gasteiger partial charge is 0.363 e. The summed E-state index contributed by atoms with van der Waals surface area (Å²) in [5.41, 5.74) is 16.0. The van der Waals surface area contributed by atoms with Crippen LogP contribution in [0.1, 0.15) is 96.1 Å². The predicted octanol–water partition coefficient (Wildman–Crippen LogP) is 14.4. The lowest BCUT2D eigenvalue weighted by atomic mass is 9.75. The number of allylic oxidation sites excluding steroid dienone is 9. The molecule has 6 aromatic rings. The van der Waals surface area contributed by atoms with Crippen molar-refractivity contribution in [2.24, 2.45) is 33.7 Å². The molecular weight excluding hydrogens is 763 g/mol. The molecule has 2 aliphatic heterocycles. The van der Waals surface area contributed by atoms with Crippen LogP contribution >= 0.6 is 0 Å². The zero-order valence-electron chi connectivity index (χ0n) is 36.5. The lowest BCUT2D eigenvalue weighted by Crippen LogP contribution is -2.41. The third-order valence-corrected chi connectivity index (χ3v) is 13.7. The third-order valence-electron chi connectivity index (χ3n) is 13.7. The first kappa shape index (κ1) is 40.2. The molecule has 7 atom stereocenters. The van der Waals surface area contributed by atoms with Crippen molar-refractivity contribution >= 4 is 28.4 Å². The molecule has 0 aromatic heterocycles. The maximum atomic E-state index is 5.39. The molecule has 0 radical (unpaired) electrons. The Kier molecular flexibility index (Phi) is 11.4. The van der Waals surface area contributed by atoms with Crippen LogP contribution in [0.4, 0.5) is 0 Å². The fourth-order valence-electron chi connectivity index (χ4n) is 10.4. The van der Waals surface area contributed by atoms with Gasteiger partial charge in [-0.05, 0) is 80.5 Å². The van der Waals surface area contributed by atoms with Crippen LogP contribution in [0.25, 0.3) is 16.8 Å². The second-order valence-electron chi connectivity index (χ2n) is 17.6. The first-order chi connectivity index (χ1) is 31.0. The van der Waals surface area contributed by atoms with Gasteiger partial charge in [-0.15, -0.1) is 0 Å². The number of rotatable bonds is 10. The van der Waals surface area contributed by atoms with Gasteiger partial charge in [0.25, 0.3) is 0 Å². The van der Waals surface area contributed by atoms with E-state index in [1.165, 1.54) is 55.8 Å². The van der Waals surface area contributed by atoms with Crippen LogP contribution < -0.4 is 5.32 Å². The lowest BCUT2D eigenvalue weighted by Gasteiger charge is -2.38. The minimum Gasteiger partial charge on any atom is -0.363 e. The monoisotopic (exact) mass is 817 g/mol. The van der Waals surface area contributed by atoms with Crippen LogP contribution in [0.2, 0.25) is 0 Å². The number of nitrogens with one attached hydrogen (secondary N) is 1. The Hall–Kier alpha value is -6.84. The number of hydrogen-bond donors (Lipinski definition) is 1. The highest BCUT2D eigenvalue weighted by Gasteiger charge is 2.36. The molecule has 0 spiro atoms. The van der Waals surface area contributed by atoms with E-state index in [1.54, 1.807) is 0 Å². The molecule has 2 heterocycles. The van der Waals surface area contributed by atoms with Crippen LogP contribution in [0.5, 0.6) is 0 Å². The second kappa shape index (κ2) is 17.9. The molecule has 0 saturated heterocycles. The average Bonchev–Trinajstić information content (AvgIpc) is 3.36. The van der Waals surface area contributed by atoms with E-state index in [1.807, 2.05) is 0 Å². The van der Waals surface area contributed by atoms with Crippen molar-refractivity contribution in [2.45, 2.75) is 51.6 Å². The van der Waals surface area contributed by atoms with Crippen molar-refractivity contribution in [3.8, 4) is 0 Å². The Morgan fingerprint density at radius 1 is 0.508 bits per heavy atom. The normalized spacial score (nSPS) is 24.1. The summed E-state index contributed by atoms with van der Waals surface area (Å²) in [6.07, 6.45) is 16.4. The molecule has 63 heavy (non-hydrogen) atoms. The van der Waals surface area contributed by atoms with Crippen LogP contribution in [-0.2, 0) is 0 Å². The number of benzene rings is 6. The zero-order valence-corrected chi connectivity index (χ0v) is 36.5. The van der Waals surface area contributed by atoms with Crippen molar-refractivity contribution < 1.29 is 0 Å². The van der Waals surface area contributed by atoms with E-state index in [9.17, 15) is 0 Å². The fourth-order valence-corrected chi connectivity index (χ4v) is 10.4. The highest BCUT2D eigenvalue weighted by Crippen LogP contribution is 2.44. The van der Waals surface area contributed by atoms with Crippen molar-refractivity contribution in [1.29, 1.82) is 0 Å². The Balaban J connectivity index is 0.913. The van der Waals surface area contributed by atoms with Crippen LogP contribution in [0.3, 0.4) is 0 Å². The molecule has 10 rings (SSSR count). The molecular formula is C60H55N3. The maximum absolute atomic E-state index is 5.39. The molecule has 310 valence electrons. The Morgan fingerprint density at radius 2 is 1.10 bits per heavy atom. The van der Waals surface area contributed by atoms with E-state index < -0.39 is 0 Å². The summed E-state index contributed by atoms with van der Waals surface area (Å²) < 4.78 is 0. The van der Waals surface area contributed by atoms with Crippen LogP contribution in [0, 0.1) is 23.7 Å². The predicted molar refractivity (Wildman–Crippen MR) is 264 cm³/mol. The summed E-state index contributed by atoms with van der Waals surface area (Å²) in [4.78, 5) is 10.7. The minimum atomic E-state index is 0.0721.